The zero-order valence-corrected chi connectivity index (χ0v) is 12.7. The third kappa shape index (κ3) is 3.85. The van der Waals surface area contributed by atoms with Crippen LogP contribution in [0.5, 0.6) is 0 Å². The van der Waals surface area contributed by atoms with Gasteiger partial charge in [-0.2, -0.15) is 0 Å². The fraction of sp³-hybridized carbons (Fsp3) is 0.611. The average molecular weight is 286 g/mol. The fourth-order valence-corrected chi connectivity index (χ4v) is 3.80. The van der Waals surface area contributed by atoms with Crippen LogP contribution in [0.1, 0.15) is 44.1 Å². The van der Waals surface area contributed by atoms with E-state index in [9.17, 15) is 4.79 Å². The van der Waals surface area contributed by atoms with Crippen LogP contribution in [0.4, 0.5) is 0 Å². The van der Waals surface area contributed by atoms with E-state index in [1.807, 2.05) is 18.2 Å². The first-order valence-electron chi connectivity index (χ1n) is 8.40. The highest BCUT2D eigenvalue weighted by molar-refractivity contribution is 5.81. The van der Waals surface area contributed by atoms with Gasteiger partial charge in [0.2, 0.25) is 5.91 Å². The number of amides is 1. The Kier molecular flexibility index (Phi) is 4.91. The van der Waals surface area contributed by atoms with Crippen molar-refractivity contribution in [2.75, 3.05) is 6.54 Å². The van der Waals surface area contributed by atoms with E-state index in [1.54, 1.807) is 0 Å². The maximum atomic E-state index is 12.3. The normalized spacial score (nSPS) is 28.7. The van der Waals surface area contributed by atoms with Crippen molar-refractivity contribution in [3.05, 3.63) is 35.9 Å². The van der Waals surface area contributed by atoms with Crippen molar-refractivity contribution in [3.8, 4) is 0 Å². The van der Waals surface area contributed by atoms with Crippen molar-refractivity contribution < 1.29 is 4.79 Å². The van der Waals surface area contributed by atoms with E-state index in [2.05, 4.69) is 22.8 Å². The summed E-state index contributed by atoms with van der Waals surface area (Å²) < 4.78 is 0. The van der Waals surface area contributed by atoms with Crippen LogP contribution in [0, 0.1) is 5.92 Å². The smallest absolute Gasteiger partial charge is 0.237 e. The second-order valence-corrected chi connectivity index (χ2v) is 6.47. The molecule has 0 aromatic heterocycles. The number of piperidine rings is 1. The standard InChI is InChI=1S/C18H26N2O/c21-18(19-13-12-14-6-2-1-3-7-14)17-11-10-15-8-4-5-9-16(15)20-17/h1-3,6-7,15-17,20H,4-5,8-13H2,(H,19,21). The third-order valence-corrected chi connectivity index (χ3v) is 5.02. The summed E-state index contributed by atoms with van der Waals surface area (Å²) in [6.07, 6.45) is 8.41. The van der Waals surface area contributed by atoms with Gasteiger partial charge >= 0.3 is 0 Å². The number of rotatable bonds is 4. The maximum Gasteiger partial charge on any atom is 0.237 e. The highest BCUT2D eigenvalue weighted by Crippen LogP contribution is 2.32. The molecule has 3 atom stereocenters. The molecule has 3 unspecified atom stereocenters. The second-order valence-electron chi connectivity index (χ2n) is 6.47. The molecule has 2 fully saturated rings. The van der Waals surface area contributed by atoms with Gasteiger partial charge in [-0.3, -0.25) is 4.79 Å². The molecule has 1 heterocycles. The molecule has 1 saturated heterocycles. The van der Waals surface area contributed by atoms with Gasteiger partial charge in [-0.15, -0.1) is 0 Å². The number of fused-ring (bicyclic) bond motifs is 1. The molecule has 0 radical (unpaired) electrons. The van der Waals surface area contributed by atoms with E-state index in [4.69, 9.17) is 0 Å². The summed E-state index contributed by atoms with van der Waals surface area (Å²) in [7, 11) is 0. The molecule has 1 aromatic rings. The molecular weight excluding hydrogens is 260 g/mol. The lowest BCUT2D eigenvalue weighted by Crippen LogP contribution is -2.55. The Hall–Kier alpha value is -1.35. The third-order valence-electron chi connectivity index (χ3n) is 5.02. The first-order chi connectivity index (χ1) is 10.3. The number of nitrogens with one attached hydrogen (secondary N) is 2. The van der Waals surface area contributed by atoms with Gasteiger partial charge in [-0.05, 0) is 43.6 Å². The zero-order valence-electron chi connectivity index (χ0n) is 12.7. The second kappa shape index (κ2) is 7.08. The summed E-state index contributed by atoms with van der Waals surface area (Å²) in [5.41, 5.74) is 1.28. The Bertz CT molecular complexity index is 460. The van der Waals surface area contributed by atoms with Gasteiger partial charge in [0.05, 0.1) is 6.04 Å². The summed E-state index contributed by atoms with van der Waals surface area (Å²) in [5.74, 6) is 1.00. The van der Waals surface area contributed by atoms with E-state index < -0.39 is 0 Å². The molecular formula is C18H26N2O. The molecule has 2 N–H and O–H groups in total. The molecule has 1 amide bonds. The van der Waals surface area contributed by atoms with E-state index in [0.717, 1.165) is 25.3 Å². The number of benzene rings is 1. The van der Waals surface area contributed by atoms with E-state index in [-0.39, 0.29) is 11.9 Å². The van der Waals surface area contributed by atoms with E-state index in [1.165, 1.54) is 37.7 Å². The Balaban J connectivity index is 1.43. The SMILES string of the molecule is O=C(NCCc1ccccc1)C1CCC2CCCCC2N1. The minimum absolute atomic E-state index is 0.0279. The Morgan fingerprint density at radius 1 is 1.10 bits per heavy atom. The van der Waals surface area contributed by atoms with Crippen LogP contribution in [-0.2, 0) is 11.2 Å². The Morgan fingerprint density at radius 3 is 2.76 bits per heavy atom. The minimum Gasteiger partial charge on any atom is -0.354 e. The fourth-order valence-electron chi connectivity index (χ4n) is 3.80. The molecule has 2 aliphatic rings. The minimum atomic E-state index is 0.0279. The van der Waals surface area contributed by atoms with E-state index >= 15 is 0 Å². The predicted octanol–water partition coefficient (Wildman–Crippen LogP) is 2.66. The monoisotopic (exact) mass is 286 g/mol. The summed E-state index contributed by atoms with van der Waals surface area (Å²) >= 11 is 0. The van der Waals surface area contributed by atoms with Crippen LogP contribution >= 0.6 is 0 Å². The van der Waals surface area contributed by atoms with Crippen molar-refractivity contribution in [2.45, 2.75) is 57.0 Å². The topological polar surface area (TPSA) is 41.1 Å². The van der Waals surface area contributed by atoms with Crippen molar-refractivity contribution in [2.24, 2.45) is 5.92 Å². The van der Waals surface area contributed by atoms with Gasteiger partial charge in [0.15, 0.2) is 0 Å². The molecule has 1 aromatic carbocycles. The molecule has 0 bridgehead atoms. The lowest BCUT2D eigenvalue weighted by Gasteiger charge is -2.39. The maximum absolute atomic E-state index is 12.3. The molecule has 21 heavy (non-hydrogen) atoms. The van der Waals surface area contributed by atoms with Crippen molar-refractivity contribution in [1.29, 1.82) is 0 Å². The zero-order chi connectivity index (χ0) is 14.5. The molecule has 3 heteroatoms. The first kappa shape index (κ1) is 14.6. The number of carbonyl (C=O) groups excluding carboxylic acids is 1. The number of carbonyl (C=O) groups is 1. The molecule has 1 aliphatic heterocycles. The summed E-state index contributed by atoms with van der Waals surface area (Å²) in [5, 5.41) is 6.69. The van der Waals surface area contributed by atoms with Crippen molar-refractivity contribution in [1.82, 2.24) is 10.6 Å². The van der Waals surface area contributed by atoms with Gasteiger partial charge in [0, 0.05) is 12.6 Å². The first-order valence-corrected chi connectivity index (χ1v) is 8.40. The quantitative estimate of drug-likeness (QED) is 0.893. The summed E-state index contributed by atoms with van der Waals surface area (Å²) in [4.78, 5) is 12.3. The van der Waals surface area contributed by atoms with Crippen LogP contribution in [0.15, 0.2) is 30.3 Å². The molecule has 3 nitrogen and oxygen atoms in total. The molecule has 3 rings (SSSR count). The van der Waals surface area contributed by atoms with Gasteiger partial charge in [-0.25, -0.2) is 0 Å². The Labute approximate surface area is 127 Å². The van der Waals surface area contributed by atoms with Gasteiger partial charge in [-0.1, -0.05) is 43.2 Å². The van der Waals surface area contributed by atoms with Gasteiger partial charge < -0.3 is 10.6 Å². The van der Waals surface area contributed by atoms with Crippen molar-refractivity contribution in [3.63, 3.8) is 0 Å². The highest BCUT2D eigenvalue weighted by atomic mass is 16.2. The number of hydrogen-bond acceptors (Lipinski definition) is 2. The molecule has 1 saturated carbocycles. The molecule has 114 valence electrons. The lowest BCUT2D eigenvalue weighted by molar-refractivity contribution is -0.124. The van der Waals surface area contributed by atoms with Crippen LogP contribution in [0.2, 0.25) is 0 Å². The molecule has 0 spiro atoms. The van der Waals surface area contributed by atoms with Crippen LogP contribution < -0.4 is 10.6 Å². The largest absolute Gasteiger partial charge is 0.354 e. The number of hydrogen-bond donors (Lipinski definition) is 2. The summed E-state index contributed by atoms with van der Waals surface area (Å²) in [6.45, 7) is 0.731. The summed E-state index contributed by atoms with van der Waals surface area (Å²) in [6, 6.07) is 10.9. The van der Waals surface area contributed by atoms with Crippen molar-refractivity contribution >= 4 is 5.91 Å². The molecule has 1 aliphatic carbocycles. The highest BCUT2D eigenvalue weighted by Gasteiger charge is 2.34. The van der Waals surface area contributed by atoms with Gasteiger partial charge in [0.1, 0.15) is 0 Å². The van der Waals surface area contributed by atoms with Gasteiger partial charge in [0.25, 0.3) is 0 Å². The van der Waals surface area contributed by atoms with Crippen LogP contribution in [0.3, 0.4) is 0 Å². The lowest BCUT2D eigenvalue weighted by atomic mass is 9.77. The predicted molar refractivity (Wildman–Crippen MR) is 85.1 cm³/mol. The Morgan fingerprint density at radius 2 is 1.90 bits per heavy atom. The average Bonchev–Trinajstić information content (AvgIpc) is 2.55. The van der Waals surface area contributed by atoms with E-state index in [0.29, 0.717) is 6.04 Å². The van der Waals surface area contributed by atoms with Crippen LogP contribution in [0.25, 0.3) is 0 Å². The van der Waals surface area contributed by atoms with Crippen LogP contribution in [-0.4, -0.2) is 24.5 Å².